The van der Waals surface area contributed by atoms with E-state index in [-0.39, 0.29) is 11.7 Å². The molecule has 14 heavy (non-hydrogen) atoms. The van der Waals surface area contributed by atoms with Crippen LogP contribution in [0.3, 0.4) is 0 Å². The second-order valence-corrected chi connectivity index (χ2v) is 3.34. The van der Waals surface area contributed by atoms with Crippen LogP contribution in [0.1, 0.15) is 18.4 Å². The molecule has 0 aliphatic carbocycles. The number of hydrogen-bond donors (Lipinski definition) is 0. The van der Waals surface area contributed by atoms with Crippen LogP contribution < -0.4 is 0 Å². The highest BCUT2D eigenvalue weighted by Crippen LogP contribution is 2.20. The minimum Gasteiger partial charge on any atom is -0.381 e. The Balaban J connectivity index is 2.73. The highest BCUT2D eigenvalue weighted by Gasteiger charge is 2.13. The van der Waals surface area contributed by atoms with Crippen LogP contribution in [-0.4, -0.2) is 19.1 Å². The van der Waals surface area contributed by atoms with E-state index in [2.05, 4.69) is 0 Å². The Bertz CT molecular complexity index is 278. The molecule has 1 atom stereocenters. The summed E-state index contributed by atoms with van der Waals surface area (Å²) in [6.45, 7) is 3.01. The van der Waals surface area contributed by atoms with Crippen molar-refractivity contribution in [2.45, 2.75) is 12.8 Å². The van der Waals surface area contributed by atoms with E-state index in [1.54, 1.807) is 12.1 Å². The van der Waals surface area contributed by atoms with Gasteiger partial charge in [0.1, 0.15) is 5.82 Å². The lowest BCUT2D eigenvalue weighted by molar-refractivity contribution is 0.136. The van der Waals surface area contributed by atoms with Gasteiger partial charge >= 0.3 is 0 Å². The average molecular weight is 217 g/mol. The summed E-state index contributed by atoms with van der Waals surface area (Å²) in [5.41, 5.74) is 0.635. The Morgan fingerprint density at radius 2 is 2.14 bits per heavy atom. The molecule has 78 valence electrons. The van der Waals surface area contributed by atoms with Crippen molar-refractivity contribution in [3.8, 4) is 0 Å². The van der Waals surface area contributed by atoms with Gasteiger partial charge in [0.25, 0.3) is 0 Å². The van der Waals surface area contributed by atoms with E-state index in [4.69, 9.17) is 16.3 Å². The number of benzene rings is 1. The van der Waals surface area contributed by atoms with E-state index in [1.165, 1.54) is 6.07 Å². The summed E-state index contributed by atoms with van der Waals surface area (Å²) in [7, 11) is 0. The Morgan fingerprint density at radius 3 is 2.71 bits per heavy atom. The second kappa shape index (κ2) is 5.99. The first-order chi connectivity index (χ1) is 6.79. The van der Waals surface area contributed by atoms with Gasteiger partial charge in [-0.2, -0.15) is 0 Å². The topological polar surface area (TPSA) is 9.23 Å². The molecule has 0 fully saturated rings. The van der Waals surface area contributed by atoms with E-state index in [0.717, 1.165) is 0 Å². The summed E-state index contributed by atoms with van der Waals surface area (Å²) in [6, 6.07) is 6.68. The quantitative estimate of drug-likeness (QED) is 0.687. The first-order valence-electron chi connectivity index (χ1n) is 4.67. The van der Waals surface area contributed by atoms with Crippen molar-refractivity contribution in [2.75, 3.05) is 19.1 Å². The molecule has 1 unspecified atom stereocenters. The van der Waals surface area contributed by atoms with Crippen LogP contribution in [0, 0.1) is 5.82 Å². The van der Waals surface area contributed by atoms with Crippen LogP contribution in [0.5, 0.6) is 0 Å². The zero-order valence-corrected chi connectivity index (χ0v) is 8.93. The van der Waals surface area contributed by atoms with E-state index in [0.29, 0.717) is 24.7 Å². The van der Waals surface area contributed by atoms with E-state index < -0.39 is 0 Å². The summed E-state index contributed by atoms with van der Waals surface area (Å²) < 4.78 is 18.6. The van der Waals surface area contributed by atoms with Crippen LogP contribution in [0.2, 0.25) is 0 Å². The van der Waals surface area contributed by atoms with Crippen LogP contribution >= 0.6 is 11.6 Å². The molecule has 1 nitrogen and oxygen atoms in total. The lowest BCUT2D eigenvalue weighted by atomic mass is 10.0. The number of ether oxygens (including phenoxy) is 1. The monoisotopic (exact) mass is 216 g/mol. The summed E-state index contributed by atoms with van der Waals surface area (Å²) in [5.74, 6) is 0.108. The molecule has 0 heterocycles. The third-order valence-corrected chi connectivity index (χ3v) is 2.43. The lowest BCUT2D eigenvalue weighted by Crippen LogP contribution is -2.11. The molecular weight excluding hydrogens is 203 g/mol. The first kappa shape index (κ1) is 11.5. The molecule has 1 aromatic carbocycles. The summed E-state index contributed by atoms with van der Waals surface area (Å²) in [5, 5.41) is 0. The zero-order chi connectivity index (χ0) is 10.4. The SMILES string of the molecule is CCOCC(CCl)c1ccccc1F. The number of rotatable bonds is 5. The maximum atomic E-state index is 13.3. The molecule has 0 bridgehead atoms. The van der Waals surface area contributed by atoms with Gasteiger partial charge in [0.15, 0.2) is 0 Å². The maximum absolute atomic E-state index is 13.3. The Labute approximate surface area is 88.8 Å². The standard InChI is InChI=1S/C11H14ClFO/c1-2-14-8-9(7-12)10-5-3-4-6-11(10)13/h3-6,9H,2,7-8H2,1H3. The third-order valence-electron chi connectivity index (χ3n) is 2.05. The molecule has 0 saturated carbocycles. The minimum atomic E-state index is -0.210. The fourth-order valence-electron chi connectivity index (χ4n) is 1.28. The molecule has 0 radical (unpaired) electrons. The van der Waals surface area contributed by atoms with Crippen molar-refractivity contribution in [1.82, 2.24) is 0 Å². The Hall–Kier alpha value is -0.600. The summed E-state index contributed by atoms with van der Waals surface area (Å²) in [6.07, 6.45) is 0. The average Bonchev–Trinajstić information content (AvgIpc) is 2.21. The van der Waals surface area contributed by atoms with Gasteiger partial charge in [-0.25, -0.2) is 4.39 Å². The Morgan fingerprint density at radius 1 is 1.43 bits per heavy atom. The van der Waals surface area contributed by atoms with Crippen LogP contribution in [0.25, 0.3) is 0 Å². The number of alkyl halides is 1. The van der Waals surface area contributed by atoms with Gasteiger partial charge in [-0.05, 0) is 18.6 Å². The van der Waals surface area contributed by atoms with Crippen molar-refractivity contribution < 1.29 is 9.13 Å². The molecule has 0 N–H and O–H groups in total. The first-order valence-corrected chi connectivity index (χ1v) is 5.21. The largest absolute Gasteiger partial charge is 0.381 e. The van der Waals surface area contributed by atoms with Gasteiger partial charge in [-0.3, -0.25) is 0 Å². The maximum Gasteiger partial charge on any atom is 0.126 e. The van der Waals surface area contributed by atoms with Gasteiger partial charge in [0.05, 0.1) is 6.61 Å². The van der Waals surface area contributed by atoms with E-state index in [9.17, 15) is 4.39 Å². The molecule has 0 aliphatic heterocycles. The fraction of sp³-hybridized carbons (Fsp3) is 0.455. The predicted molar refractivity (Wildman–Crippen MR) is 56.4 cm³/mol. The van der Waals surface area contributed by atoms with Crippen molar-refractivity contribution in [2.24, 2.45) is 0 Å². The fourth-order valence-corrected chi connectivity index (χ4v) is 1.54. The zero-order valence-electron chi connectivity index (χ0n) is 8.17. The molecular formula is C11H14ClFO. The molecule has 1 aromatic rings. The molecule has 0 amide bonds. The van der Waals surface area contributed by atoms with Crippen molar-refractivity contribution in [3.05, 3.63) is 35.6 Å². The van der Waals surface area contributed by atoms with E-state index in [1.807, 2.05) is 13.0 Å². The van der Waals surface area contributed by atoms with Crippen LogP contribution in [-0.2, 0) is 4.74 Å². The number of hydrogen-bond acceptors (Lipinski definition) is 1. The van der Waals surface area contributed by atoms with Crippen molar-refractivity contribution in [1.29, 1.82) is 0 Å². The molecule has 3 heteroatoms. The molecule has 0 saturated heterocycles. The highest BCUT2D eigenvalue weighted by molar-refractivity contribution is 6.18. The van der Waals surface area contributed by atoms with E-state index >= 15 is 0 Å². The smallest absolute Gasteiger partial charge is 0.126 e. The van der Waals surface area contributed by atoms with Gasteiger partial charge in [-0.1, -0.05) is 18.2 Å². The molecule has 0 spiro atoms. The highest BCUT2D eigenvalue weighted by atomic mass is 35.5. The second-order valence-electron chi connectivity index (χ2n) is 3.03. The molecule has 0 aliphatic rings. The van der Waals surface area contributed by atoms with Gasteiger partial charge in [0.2, 0.25) is 0 Å². The minimum absolute atomic E-state index is 0.0576. The molecule has 0 aromatic heterocycles. The van der Waals surface area contributed by atoms with Gasteiger partial charge < -0.3 is 4.74 Å². The molecule has 1 rings (SSSR count). The lowest BCUT2D eigenvalue weighted by Gasteiger charge is -2.14. The van der Waals surface area contributed by atoms with Crippen molar-refractivity contribution in [3.63, 3.8) is 0 Å². The number of halogens is 2. The van der Waals surface area contributed by atoms with Gasteiger partial charge in [-0.15, -0.1) is 11.6 Å². The normalized spacial score (nSPS) is 12.8. The van der Waals surface area contributed by atoms with Gasteiger partial charge in [0, 0.05) is 18.4 Å². The third kappa shape index (κ3) is 2.96. The summed E-state index contributed by atoms with van der Waals surface area (Å²) in [4.78, 5) is 0. The predicted octanol–water partition coefficient (Wildman–Crippen LogP) is 3.18. The summed E-state index contributed by atoms with van der Waals surface area (Å²) >= 11 is 5.76. The van der Waals surface area contributed by atoms with Crippen LogP contribution in [0.4, 0.5) is 4.39 Å². The Kier molecular flexibility index (Phi) is 4.91. The van der Waals surface area contributed by atoms with Crippen molar-refractivity contribution >= 4 is 11.6 Å². The van der Waals surface area contributed by atoms with Crippen LogP contribution in [0.15, 0.2) is 24.3 Å².